The van der Waals surface area contributed by atoms with Crippen molar-refractivity contribution in [3.05, 3.63) is 53.6 Å². The van der Waals surface area contributed by atoms with Gasteiger partial charge in [0.1, 0.15) is 11.5 Å². The van der Waals surface area contributed by atoms with Gasteiger partial charge in [-0.3, -0.25) is 9.78 Å². The Hall–Kier alpha value is -3.09. The summed E-state index contributed by atoms with van der Waals surface area (Å²) in [6.45, 7) is 2.03. The Morgan fingerprint density at radius 1 is 1.11 bits per heavy atom. The predicted octanol–water partition coefficient (Wildman–Crippen LogP) is 3.63. The molecule has 1 fully saturated rings. The van der Waals surface area contributed by atoms with Crippen LogP contribution in [0.2, 0.25) is 0 Å². The summed E-state index contributed by atoms with van der Waals surface area (Å²) in [5.74, 6) is 1.39. The van der Waals surface area contributed by atoms with Crippen molar-refractivity contribution in [3.8, 4) is 11.5 Å². The van der Waals surface area contributed by atoms with E-state index in [0.717, 1.165) is 41.2 Å². The largest absolute Gasteiger partial charge is 0.311 e. The van der Waals surface area contributed by atoms with E-state index in [1.54, 1.807) is 6.20 Å². The molecule has 4 heterocycles. The number of carbonyl (C=O) groups is 1. The molecule has 28 heavy (non-hydrogen) atoms. The summed E-state index contributed by atoms with van der Waals surface area (Å²) in [5, 5.41) is 7.87. The lowest BCUT2D eigenvalue weighted by molar-refractivity contribution is -0.116. The van der Waals surface area contributed by atoms with E-state index in [0.29, 0.717) is 18.3 Å². The molecule has 3 aromatic rings. The van der Waals surface area contributed by atoms with Gasteiger partial charge in [0.25, 0.3) is 0 Å². The minimum atomic E-state index is -0.0725. The molecule has 2 aliphatic rings. The number of carbonyl (C=O) groups excluding carboxylic acids is 1. The number of anilines is 1. The average Bonchev–Trinajstić information content (AvgIpc) is 3.36. The molecule has 1 atom stereocenters. The molecule has 5 rings (SSSR count). The van der Waals surface area contributed by atoms with Crippen LogP contribution in [0.4, 0.5) is 5.82 Å². The standard InChI is InChI=1S/C21H22N6O/c1-13-19-16(14-11-23-20(24-12-14)17-8-4-5-9-22-17)10-18(28)25-21(19)27(26-13)15-6-2-3-7-15/h4-5,8-9,11-12,15-16H,2-3,6-7,10H2,1H3,(H,25,28). The van der Waals surface area contributed by atoms with Crippen molar-refractivity contribution in [1.29, 1.82) is 0 Å². The van der Waals surface area contributed by atoms with E-state index < -0.39 is 0 Å². The van der Waals surface area contributed by atoms with E-state index in [2.05, 4.69) is 20.3 Å². The van der Waals surface area contributed by atoms with Crippen LogP contribution in [0.5, 0.6) is 0 Å². The second-order valence-corrected chi connectivity index (χ2v) is 7.59. The van der Waals surface area contributed by atoms with Crippen LogP contribution in [0.15, 0.2) is 36.8 Å². The van der Waals surface area contributed by atoms with E-state index >= 15 is 0 Å². The molecule has 1 aliphatic heterocycles. The van der Waals surface area contributed by atoms with Gasteiger partial charge in [-0.15, -0.1) is 0 Å². The summed E-state index contributed by atoms with van der Waals surface area (Å²) < 4.78 is 2.05. The number of aromatic nitrogens is 5. The first kappa shape index (κ1) is 17.0. The lowest BCUT2D eigenvalue weighted by atomic mass is 9.87. The van der Waals surface area contributed by atoms with Crippen LogP contribution in [0, 0.1) is 6.92 Å². The predicted molar refractivity (Wildman–Crippen MR) is 105 cm³/mol. The number of aryl methyl sites for hydroxylation is 1. The summed E-state index contributed by atoms with van der Waals surface area (Å²) in [4.78, 5) is 25.8. The van der Waals surface area contributed by atoms with Crippen LogP contribution in [-0.2, 0) is 4.79 Å². The van der Waals surface area contributed by atoms with Gasteiger partial charge >= 0.3 is 0 Å². The number of rotatable bonds is 3. The number of pyridine rings is 1. The molecule has 1 N–H and O–H groups in total. The lowest BCUT2D eigenvalue weighted by Gasteiger charge is -2.25. The number of hydrogen-bond donors (Lipinski definition) is 1. The molecule has 7 nitrogen and oxygen atoms in total. The second kappa shape index (κ2) is 6.82. The molecule has 0 radical (unpaired) electrons. The molecule has 1 unspecified atom stereocenters. The minimum Gasteiger partial charge on any atom is -0.311 e. The number of amides is 1. The van der Waals surface area contributed by atoms with Crippen molar-refractivity contribution >= 4 is 11.7 Å². The fourth-order valence-electron chi connectivity index (χ4n) is 4.42. The van der Waals surface area contributed by atoms with Gasteiger partial charge < -0.3 is 5.32 Å². The third kappa shape index (κ3) is 2.87. The highest BCUT2D eigenvalue weighted by atomic mass is 16.1. The van der Waals surface area contributed by atoms with Crippen molar-refractivity contribution in [2.24, 2.45) is 0 Å². The molecular weight excluding hydrogens is 352 g/mol. The van der Waals surface area contributed by atoms with E-state index in [1.807, 2.05) is 42.2 Å². The van der Waals surface area contributed by atoms with Crippen LogP contribution in [-0.4, -0.2) is 30.6 Å². The Labute approximate surface area is 163 Å². The van der Waals surface area contributed by atoms with Crippen LogP contribution in [0.3, 0.4) is 0 Å². The number of hydrogen-bond acceptors (Lipinski definition) is 5. The molecule has 1 saturated carbocycles. The normalized spacial score (nSPS) is 19.5. The quantitative estimate of drug-likeness (QED) is 0.756. The number of nitrogens with zero attached hydrogens (tertiary/aromatic N) is 5. The molecule has 0 bridgehead atoms. The molecule has 1 amide bonds. The maximum atomic E-state index is 12.5. The van der Waals surface area contributed by atoms with Crippen LogP contribution in [0.25, 0.3) is 11.5 Å². The number of fused-ring (bicyclic) bond motifs is 1. The van der Waals surface area contributed by atoms with Gasteiger partial charge in [0.05, 0.1) is 11.7 Å². The summed E-state index contributed by atoms with van der Waals surface area (Å²) in [6, 6.07) is 6.05. The van der Waals surface area contributed by atoms with E-state index in [1.165, 1.54) is 12.8 Å². The second-order valence-electron chi connectivity index (χ2n) is 7.59. The van der Waals surface area contributed by atoms with Crippen molar-refractivity contribution < 1.29 is 4.79 Å². The Bertz CT molecular complexity index is 1010. The van der Waals surface area contributed by atoms with Gasteiger partial charge in [-0.2, -0.15) is 5.10 Å². The fourth-order valence-corrected chi connectivity index (χ4v) is 4.42. The highest BCUT2D eigenvalue weighted by molar-refractivity contribution is 5.94. The highest BCUT2D eigenvalue weighted by Gasteiger charge is 2.34. The average molecular weight is 374 g/mol. The summed E-state index contributed by atoms with van der Waals surface area (Å²) in [5.41, 5.74) is 3.74. The molecule has 0 spiro atoms. The topological polar surface area (TPSA) is 85.6 Å². The first-order valence-electron chi connectivity index (χ1n) is 9.83. The maximum Gasteiger partial charge on any atom is 0.226 e. The van der Waals surface area contributed by atoms with E-state index in [9.17, 15) is 4.79 Å². The Kier molecular flexibility index (Phi) is 4.15. The van der Waals surface area contributed by atoms with Crippen LogP contribution >= 0.6 is 0 Å². The van der Waals surface area contributed by atoms with Crippen LogP contribution in [0.1, 0.15) is 60.9 Å². The van der Waals surface area contributed by atoms with Crippen molar-refractivity contribution in [2.45, 2.75) is 51.0 Å². The van der Waals surface area contributed by atoms with Gasteiger partial charge in [0.15, 0.2) is 5.82 Å². The SMILES string of the molecule is Cc1nn(C2CCCC2)c2c1C(c1cnc(-c3ccccn3)nc1)CC(=O)N2. The Morgan fingerprint density at radius 3 is 2.61 bits per heavy atom. The molecule has 1 aliphatic carbocycles. The zero-order chi connectivity index (χ0) is 19.1. The zero-order valence-electron chi connectivity index (χ0n) is 15.8. The molecule has 0 aromatic carbocycles. The Balaban J connectivity index is 1.52. The maximum absolute atomic E-state index is 12.5. The van der Waals surface area contributed by atoms with Crippen molar-refractivity contribution in [3.63, 3.8) is 0 Å². The van der Waals surface area contributed by atoms with Gasteiger partial charge in [-0.1, -0.05) is 18.9 Å². The highest BCUT2D eigenvalue weighted by Crippen LogP contribution is 2.42. The minimum absolute atomic E-state index is 0.0189. The first-order chi connectivity index (χ1) is 13.7. The van der Waals surface area contributed by atoms with Gasteiger partial charge in [-0.25, -0.2) is 14.6 Å². The number of nitrogens with one attached hydrogen (secondary N) is 1. The van der Waals surface area contributed by atoms with Crippen molar-refractivity contribution in [1.82, 2.24) is 24.7 Å². The zero-order valence-corrected chi connectivity index (χ0v) is 15.8. The van der Waals surface area contributed by atoms with Gasteiger partial charge in [-0.05, 0) is 37.5 Å². The lowest BCUT2D eigenvalue weighted by Crippen LogP contribution is -2.26. The molecule has 3 aromatic heterocycles. The summed E-state index contributed by atoms with van der Waals surface area (Å²) in [6.07, 6.45) is 10.4. The smallest absolute Gasteiger partial charge is 0.226 e. The van der Waals surface area contributed by atoms with Crippen molar-refractivity contribution in [2.75, 3.05) is 5.32 Å². The molecule has 142 valence electrons. The van der Waals surface area contributed by atoms with Gasteiger partial charge in [0.2, 0.25) is 5.91 Å². The molecular formula is C21H22N6O. The fraction of sp³-hybridized carbons (Fsp3) is 0.381. The van der Waals surface area contributed by atoms with E-state index in [4.69, 9.17) is 5.10 Å². The van der Waals surface area contributed by atoms with E-state index in [-0.39, 0.29) is 11.8 Å². The summed E-state index contributed by atoms with van der Waals surface area (Å²) in [7, 11) is 0. The third-order valence-corrected chi connectivity index (χ3v) is 5.77. The first-order valence-corrected chi connectivity index (χ1v) is 9.83. The molecule has 7 heteroatoms. The summed E-state index contributed by atoms with van der Waals surface area (Å²) >= 11 is 0. The van der Waals surface area contributed by atoms with Crippen LogP contribution < -0.4 is 5.32 Å². The molecule has 0 saturated heterocycles. The van der Waals surface area contributed by atoms with Gasteiger partial charge in [0, 0.05) is 36.5 Å². The third-order valence-electron chi connectivity index (χ3n) is 5.77. The monoisotopic (exact) mass is 374 g/mol. The Morgan fingerprint density at radius 2 is 1.89 bits per heavy atom.